The number of nitrogens with zero attached hydrogens (tertiary/aromatic N) is 2. The number of rotatable bonds is 7. The van der Waals surface area contributed by atoms with E-state index in [-0.39, 0.29) is 6.04 Å². The Morgan fingerprint density at radius 3 is 2.62 bits per heavy atom. The van der Waals surface area contributed by atoms with Crippen LogP contribution in [0.1, 0.15) is 43.8 Å². The highest BCUT2D eigenvalue weighted by molar-refractivity contribution is 6.31. The zero-order chi connectivity index (χ0) is 15.2. The molecule has 2 aromatic rings. The summed E-state index contributed by atoms with van der Waals surface area (Å²) in [6, 6.07) is 10.5. The van der Waals surface area contributed by atoms with Gasteiger partial charge in [0.2, 0.25) is 0 Å². The minimum absolute atomic E-state index is 0.218. The maximum atomic E-state index is 6.36. The zero-order valence-corrected chi connectivity index (χ0v) is 13.8. The molecule has 1 heterocycles. The van der Waals surface area contributed by atoms with Crippen molar-refractivity contribution in [1.29, 1.82) is 0 Å². The molecule has 4 heteroatoms. The van der Waals surface area contributed by atoms with E-state index in [2.05, 4.69) is 48.0 Å². The molecule has 0 aliphatic heterocycles. The first-order valence-corrected chi connectivity index (χ1v) is 8.10. The normalized spacial score (nSPS) is 12.6. The average molecular weight is 306 g/mol. The van der Waals surface area contributed by atoms with E-state index in [4.69, 9.17) is 11.6 Å². The van der Waals surface area contributed by atoms with Crippen LogP contribution in [0.2, 0.25) is 5.02 Å². The highest BCUT2D eigenvalue weighted by atomic mass is 35.5. The fourth-order valence-electron chi connectivity index (χ4n) is 2.63. The molecule has 1 aromatic heterocycles. The summed E-state index contributed by atoms with van der Waals surface area (Å²) in [5.74, 6) is 0. The molecule has 1 aromatic carbocycles. The number of aryl methyl sites for hydroxylation is 2. The summed E-state index contributed by atoms with van der Waals surface area (Å²) in [6.07, 6.45) is 1.87. The first-order valence-electron chi connectivity index (χ1n) is 7.72. The van der Waals surface area contributed by atoms with E-state index >= 15 is 0 Å². The molecule has 0 fully saturated rings. The highest BCUT2D eigenvalue weighted by Crippen LogP contribution is 2.26. The van der Waals surface area contributed by atoms with Gasteiger partial charge in [0.1, 0.15) is 0 Å². The molecule has 0 aliphatic rings. The van der Waals surface area contributed by atoms with Gasteiger partial charge in [-0.05, 0) is 37.6 Å². The van der Waals surface area contributed by atoms with Gasteiger partial charge in [-0.1, -0.05) is 43.6 Å². The average Bonchev–Trinajstić information content (AvgIpc) is 2.89. The van der Waals surface area contributed by atoms with Crippen LogP contribution < -0.4 is 5.32 Å². The molecule has 3 nitrogen and oxygen atoms in total. The van der Waals surface area contributed by atoms with E-state index in [0.29, 0.717) is 0 Å². The molecular weight excluding hydrogens is 282 g/mol. The van der Waals surface area contributed by atoms with Gasteiger partial charge in [0.25, 0.3) is 0 Å². The van der Waals surface area contributed by atoms with Crippen LogP contribution in [0, 0.1) is 0 Å². The van der Waals surface area contributed by atoms with E-state index in [0.717, 1.165) is 42.2 Å². The van der Waals surface area contributed by atoms with Crippen molar-refractivity contribution >= 4 is 11.6 Å². The molecule has 0 bridgehead atoms. The van der Waals surface area contributed by atoms with Gasteiger partial charge in [-0.3, -0.25) is 4.68 Å². The van der Waals surface area contributed by atoms with Crippen LogP contribution in [0.3, 0.4) is 0 Å². The minimum Gasteiger partial charge on any atom is -0.310 e. The molecule has 1 N–H and O–H groups in total. The van der Waals surface area contributed by atoms with E-state index in [1.54, 1.807) is 0 Å². The second-order valence-electron chi connectivity index (χ2n) is 5.13. The van der Waals surface area contributed by atoms with Crippen molar-refractivity contribution in [2.75, 3.05) is 6.54 Å². The molecule has 21 heavy (non-hydrogen) atoms. The minimum atomic E-state index is 0.218. The first kappa shape index (κ1) is 16.1. The predicted octanol–water partition coefficient (Wildman–Crippen LogP) is 4.01. The van der Waals surface area contributed by atoms with E-state index in [9.17, 15) is 0 Å². The predicted molar refractivity (Wildman–Crippen MR) is 88.9 cm³/mol. The maximum absolute atomic E-state index is 6.36. The Kier molecular flexibility index (Phi) is 5.83. The fraction of sp³-hybridized carbons (Fsp3) is 0.471. The van der Waals surface area contributed by atoms with Crippen molar-refractivity contribution in [1.82, 2.24) is 15.1 Å². The smallest absolute Gasteiger partial charge is 0.0624 e. The van der Waals surface area contributed by atoms with Crippen molar-refractivity contribution in [3.05, 3.63) is 52.3 Å². The number of nitrogens with one attached hydrogen (secondary N) is 1. The number of hydrogen-bond acceptors (Lipinski definition) is 2. The van der Waals surface area contributed by atoms with Crippen molar-refractivity contribution < 1.29 is 0 Å². The summed E-state index contributed by atoms with van der Waals surface area (Å²) < 4.78 is 2.10. The number of halogens is 1. The van der Waals surface area contributed by atoms with Gasteiger partial charge < -0.3 is 5.32 Å². The van der Waals surface area contributed by atoms with Crippen LogP contribution >= 0.6 is 11.6 Å². The third-order valence-electron chi connectivity index (χ3n) is 3.72. The van der Waals surface area contributed by atoms with Crippen molar-refractivity contribution in [3.8, 4) is 0 Å². The standard InChI is InChI=1S/C17H24ClN3/c1-4-13-11-14(21(6-3)20-13)12-17(19-5-2)15-9-7-8-10-16(15)18/h7-11,17,19H,4-6,12H2,1-3H3. The van der Waals surface area contributed by atoms with Gasteiger partial charge in [-0.15, -0.1) is 0 Å². The summed E-state index contributed by atoms with van der Waals surface area (Å²) in [5.41, 5.74) is 3.57. The van der Waals surface area contributed by atoms with Crippen molar-refractivity contribution in [2.45, 2.75) is 46.2 Å². The quantitative estimate of drug-likeness (QED) is 0.837. The topological polar surface area (TPSA) is 29.9 Å². The largest absolute Gasteiger partial charge is 0.310 e. The highest BCUT2D eigenvalue weighted by Gasteiger charge is 2.17. The van der Waals surface area contributed by atoms with E-state index < -0.39 is 0 Å². The Morgan fingerprint density at radius 1 is 1.24 bits per heavy atom. The number of benzene rings is 1. The second-order valence-corrected chi connectivity index (χ2v) is 5.54. The van der Waals surface area contributed by atoms with Gasteiger partial charge in [-0.2, -0.15) is 5.10 Å². The molecule has 1 atom stereocenters. The molecule has 0 saturated heterocycles. The van der Waals surface area contributed by atoms with Gasteiger partial charge in [0.05, 0.1) is 5.69 Å². The van der Waals surface area contributed by atoms with Crippen LogP contribution in [-0.2, 0) is 19.4 Å². The third kappa shape index (κ3) is 3.86. The fourth-order valence-corrected chi connectivity index (χ4v) is 2.90. The Morgan fingerprint density at radius 2 is 2.00 bits per heavy atom. The first-order chi connectivity index (χ1) is 10.2. The van der Waals surface area contributed by atoms with Crippen LogP contribution in [0.15, 0.2) is 30.3 Å². The number of likely N-dealkylation sites (N-methyl/N-ethyl adjacent to an activating group) is 1. The monoisotopic (exact) mass is 305 g/mol. The molecule has 0 radical (unpaired) electrons. The van der Waals surface area contributed by atoms with Gasteiger partial charge >= 0.3 is 0 Å². The summed E-state index contributed by atoms with van der Waals surface area (Å²) in [6.45, 7) is 8.21. The molecule has 2 rings (SSSR count). The lowest BCUT2D eigenvalue weighted by Crippen LogP contribution is -2.24. The molecular formula is C17H24ClN3. The van der Waals surface area contributed by atoms with Crippen LogP contribution in [0.25, 0.3) is 0 Å². The van der Waals surface area contributed by atoms with Gasteiger partial charge in [0, 0.05) is 29.7 Å². The second kappa shape index (κ2) is 7.62. The van der Waals surface area contributed by atoms with Crippen molar-refractivity contribution in [2.24, 2.45) is 0 Å². The summed E-state index contributed by atoms with van der Waals surface area (Å²) in [7, 11) is 0. The molecule has 0 saturated carbocycles. The number of aromatic nitrogens is 2. The van der Waals surface area contributed by atoms with Crippen LogP contribution in [0.4, 0.5) is 0 Å². The SMILES string of the molecule is CCNC(Cc1cc(CC)nn1CC)c1ccccc1Cl. The molecule has 1 unspecified atom stereocenters. The van der Waals surface area contributed by atoms with E-state index in [1.165, 1.54) is 5.69 Å². The van der Waals surface area contributed by atoms with Crippen LogP contribution in [0.5, 0.6) is 0 Å². The van der Waals surface area contributed by atoms with Gasteiger partial charge in [-0.25, -0.2) is 0 Å². The lowest BCUT2D eigenvalue weighted by atomic mass is 10.0. The third-order valence-corrected chi connectivity index (χ3v) is 4.06. The Hall–Kier alpha value is -1.32. The molecule has 0 amide bonds. The number of hydrogen-bond donors (Lipinski definition) is 1. The van der Waals surface area contributed by atoms with Gasteiger partial charge in [0.15, 0.2) is 0 Å². The molecule has 0 aliphatic carbocycles. The zero-order valence-electron chi connectivity index (χ0n) is 13.1. The maximum Gasteiger partial charge on any atom is 0.0624 e. The summed E-state index contributed by atoms with van der Waals surface area (Å²) >= 11 is 6.36. The Bertz CT molecular complexity index is 577. The lowest BCUT2D eigenvalue weighted by Gasteiger charge is -2.20. The molecule has 114 valence electrons. The summed E-state index contributed by atoms with van der Waals surface area (Å²) in [4.78, 5) is 0. The Labute approximate surface area is 132 Å². The summed E-state index contributed by atoms with van der Waals surface area (Å²) in [5, 5.41) is 8.99. The van der Waals surface area contributed by atoms with Crippen LogP contribution in [-0.4, -0.2) is 16.3 Å². The van der Waals surface area contributed by atoms with Crippen molar-refractivity contribution in [3.63, 3.8) is 0 Å². The van der Waals surface area contributed by atoms with E-state index in [1.807, 2.05) is 18.2 Å². The molecule has 0 spiro atoms. The Balaban J connectivity index is 2.28. The lowest BCUT2D eigenvalue weighted by molar-refractivity contribution is 0.516.